The Labute approximate surface area is 103 Å². The highest BCUT2D eigenvalue weighted by atomic mass is 32.2. The van der Waals surface area contributed by atoms with Crippen LogP contribution in [0.4, 0.5) is 0 Å². The molecule has 0 aliphatic carbocycles. The molecule has 5 heteroatoms. The summed E-state index contributed by atoms with van der Waals surface area (Å²) in [6.45, 7) is 0. The third kappa shape index (κ3) is 2.30. The number of carbonyl (C=O) groups is 1. The molecule has 0 bridgehead atoms. The molecule has 90 valence electrons. The highest BCUT2D eigenvalue weighted by molar-refractivity contribution is 7.98. The van der Waals surface area contributed by atoms with E-state index in [9.17, 15) is 4.79 Å². The second-order valence-electron chi connectivity index (χ2n) is 3.85. The summed E-state index contributed by atoms with van der Waals surface area (Å²) in [7, 11) is 0. The van der Waals surface area contributed by atoms with Crippen molar-refractivity contribution < 1.29 is 9.90 Å². The maximum atomic E-state index is 10.7. The minimum atomic E-state index is -0.972. The third-order valence-corrected chi connectivity index (χ3v) is 3.52. The van der Waals surface area contributed by atoms with E-state index in [0.717, 1.165) is 21.4 Å². The fourth-order valence-corrected chi connectivity index (χ4v) is 2.44. The summed E-state index contributed by atoms with van der Waals surface area (Å²) >= 11 is 1.66. The van der Waals surface area contributed by atoms with Crippen LogP contribution in [0.25, 0.3) is 10.9 Å². The monoisotopic (exact) mass is 250 g/mol. The van der Waals surface area contributed by atoms with E-state index in [1.165, 1.54) is 0 Å². The highest BCUT2D eigenvalue weighted by Gasteiger charge is 2.15. The van der Waals surface area contributed by atoms with Crippen LogP contribution in [0.5, 0.6) is 0 Å². The summed E-state index contributed by atoms with van der Waals surface area (Å²) in [4.78, 5) is 15.1. The number of aromatic nitrogens is 1. The van der Waals surface area contributed by atoms with Crippen molar-refractivity contribution in [2.75, 3.05) is 6.26 Å². The second-order valence-corrected chi connectivity index (χ2v) is 4.69. The number of carboxylic acids is 1. The van der Waals surface area contributed by atoms with E-state index in [4.69, 9.17) is 10.8 Å². The topological polar surface area (TPSA) is 79.1 Å². The standard InChI is InChI=1S/C12H14N2O2S/c1-17-10-4-2-3-8-7(6-14-11(8)10)5-9(13)12(15)16/h2-4,6,9,14H,5,13H2,1H3,(H,15,16)/t9-/m0/s1. The van der Waals surface area contributed by atoms with Gasteiger partial charge in [0.1, 0.15) is 6.04 Å². The number of aliphatic carboxylic acids is 1. The number of benzene rings is 1. The zero-order chi connectivity index (χ0) is 12.4. The smallest absolute Gasteiger partial charge is 0.320 e. The number of H-pyrrole nitrogens is 1. The van der Waals surface area contributed by atoms with Crippen molar-refractivity contribution in [3.05, 3.63) is 30.0 Å². The van der Waals surface area contributed by atoms with E-state index >= 15 is 0 Å². The van der Waals surface area contributed by atoms with E-state index in [-0.39, 0.29) is 0 Å². The van der Waals surface area contributed by atoms with Crippen LogP contribution in [-0.2, 0) is 11.2 Å². The highest BCUT2D eigenvalue weighted by Crippen LogP contribution is 2.28. The van der Waals surface area contributed by atoms with Gasteiger partial charge in [-0.15, -0.1) is 11.8 Å². The lowest BCUT2D eigenvalue weighted by molar-refractivity contribution is -0.138. The van der Waals surface area contributed by atoms with Crippen LogP contribution < -0.4 is 5.73 Å². The minimum absolute atomic E-state index is 0.340. The predicted molar refractivity (Wildman–Crippen MR) is 69.4 cm³/mol. The SMILES string of the molecule is CSc1cccc2c(C[C@H](N)C(=O)O)c[nH]c12. The number of nitrogens with one attached hydrogen (secondary N) is 1. The number of thioether (sulfide) groups is 1. The number of para-hydroxylation sites is 1. The van der Waals surface area contributed by atoms with Gasteiger partial charge in [-0.05, 0) is 17.9 Å². The number of rotatable bonds is 4. The predicted octanol–water partition coefficient (Wildman–Crippen LogP) is 1.84. The summed E-state index contributed by atoms with van der Waals surface area (Å²) in [6, 6.07) is 5.13. The first-order chi connectivity index (χ1) is 8.13. The van der Waals surface area contributed by atoms with Gasteiger partial charge in [-0.1, -0.05) is 12.1 Å². The molecule has 0 radical (unpaired) electrons. The molecule has 1 heterocycles. The Morgan fingerprint density at radius 1 is 1.59 bits per heavy atom. The quantitative estimate of drug-likeness (QED) is 0.723. The number of hydrogen-bond acceptors (Lipinski definition) is 3. The van der Waals surface area contributed by atoms with E-state index < -0.39 is 12.0 Å². The Hall–Kier alpha value is -1.46. The maximum absolute atomic E-state index is 10.7. The van der Waals surface area contributed by atoms with Gasteiger partial charge in [0.15, 0.2) is 0 Å². The molecule has 1 atom stereocenters. The van der Waals surface area contributed by atoms with Crippen LogP contribution in [0.3, 0.4) is 0 Å². The lowest BCUT2D eigenvalue weighted by Gasteiger charge is -2.05. The van der Waals surface area contributed by atoms with Gasteiger partial charge < -0.3 is 15.8 Å². The van der Waals surface area contributed by atoms with Crippen molar-refractivity contribution in [3.63, 3.8) is 0 Å². The fourth-order valence-electron chi connectivity index (χ4n) is 1.85. The van der Waals surface area contributed by atoms with Crippen LogP contribution in [0.15, 0.2) is 29.3 Å². The van der Waals surface area contributed by atoms with Crippen molar-refractivity contribution in [1.82, 2.24) is 4.98 Å². The fraction of sp³-hybridized carbons (Fsp3) is 0.250. The normalized spacial score (nSPS) is 12.8. The zero-order valence-corrected chi connectivity index (χ0v) is 10.3. The molecule has 4 nitrogen and oxygen atoms in total. The van der Waals surface area contributed by atoms with Gasteiger partial charge in [0.25, 0.3) is 0 Å². The molecule has 0 aliphatic rings. The van der Waals surface area contributed by atoms with Crippen LogP contribution in [-0.4, -0.2) is 28.4 Å². The Kier molecular flexibility index (Phi) is 3.40. The van der Waals surface area contributed by atoms with Gasteiger partial charge in [0, 0.05) is 22.9 Å². The van der Waals surface area contributed by atoms with Crippen molar-refractivity contribution in [2.45, 2.75) is 17.4 Å². The van der Waals surface area contributed by atoms with Crippen molar-refractivity contribution in [1.29, 1.82) is 0 Å². The first kappa shape index (κ1) is 12.0. The molecule has 0 aliphatic heterocycles. The molecule has 0 saturated heterocycles. The molecule has 1 aromatic heterocycles. The number of fused-ring (bicyclic) bond motifs is 1. The summed E-state index contributed by atoms with van der Waals surface area (Å²) in [6.07, 6.45) is 4.19. The first-order valence-electron chi connectivity index (χ1n) is 5.25. The van der Waals surface area contributed by atoms with Crippen LogP contribution in [0, 0.1) is 0 Å². The first-order valence-corrected chi connectivity index (χ1v) is 6.47. The van der Waals surface area contributed by atoms with Gasteiger partial charge in [-0.25, -0.2) is 0 Å². The molecule has 0 spiro atoms. The van der Waals surface area contributed by atoms with Gasteiger partial charge in [0.05, 0.1) is 5.52 Å². The number of aromatic amines is 1. The molecule has 2 rings (SSSR count). The maximum Gasteiger partial charge on any atom is 0.320 e. The molecule has 0 unspecified atom stereocenters. The molecular formula is C12H14N2O2S. The number of carboxylic acid groups (broad SMARTS) is 1. The Balaban J connectivity index is 2.40. The summed E-state index contributed by atoms with van der Waals surface area (Å²) in [5, 5.41) is 9.86. The van der Waals surface area contributed by atoms with Gasteiger partial charge >= 0.3 is 5.97 Å². The number of nitrogens with two attached hydrogens (primary N) is 1. The van der Waals surface area contributed by atoms with Gasteiger partial charge in [0.2, 0.25) is 0 Å². The Morgan fingerprint density at radius 3 is 3.00 bits per heavy atom. The zero-order valence-electron chi connectivity index (χ0n) is 9.43. The Morgan fingerprint density at radius 2 is 2.35 bits per heavy atom. The second kappa shape index (κ2) is 4.81. The molecule has 2 aromatic rings. The van der Waals surface area contributed by atoms with E-state index in [0.29, 0.717) is 6.42 Å². The van der Waals surface area contributed by atoms with E-state index in [2.05, 4.69) is 4.98 Å². The summed E-state index contributed by atoms with van der Waals surface area (Å²) in [5.41, 5.74) is 7.55. The average molecular weight is 250 g/mol. The minimum Gasteiger partial charge on any atom is -0.480 e. The van der Waals surface area contributed by atoms with E-state index in [1.807, 2.05) is 30.7 Å². The molecule has 4 N–H and O–H groups in total. The van der Waals surface area contributed by atoms with Crippen LogP contribution in [0.1, 0.15) is 5.56 Å². The largest absolute Gasteiger partial charge is 0.480 e. The summed E-state index contributed by atoms with van der Waals surface area (Å²) in [5.74, 6) is -0.972. The Bertz CT molecular complexity index is 550. The lowest BCUT2D eigenvalue weighted by atomic mass is 10.1. The third-order valence-electron chi connectivity index (χ3n) is 2.74. The molecule has 0 saturated carbocycles. The lowest BCUT2D eigenvalue weighted by Crippen LogP contribution is -2.32. The summed E-state index contributed by atoms with van der Waals surface area (Å²) < 4.78 is 0. The molecule has 1 aromatic carbocycles. The number of hydrogen-bond donors (Lipinski definition) is 3. The van der Waals surface area contributed by atoms with E-state index in [1.54, 1.807) is 11.8 Å². The molecular weight excluding hydrogens is 236 g/mol. The molecule has 17 heavy (non-hydrogen) atoms. The van der Waals surface area contributed by atoms with Crippen LogP contribution in [0.2, 0.25) is 0 Å². The van der Waals surface area contributed by atoms with Crippen LogP contribution >= 0.6 is 11.8 Å². The average Bonchev–Trinajstić information content (AvgIpc) is 2.72. The van der Waals surface area contributed by atoms with Crippen molar-refractivity contribution in [2.24, 2.45) is 5.73 Å². The molecule has 0 fully saturated rings. The van der Waals surface area contributed by atoms with Gasteiger partial charge in [-0.3, -0.25) is 4.79 Å². The van der Waals surface area contributed by atoms with Gasteiger partial charge in [-0.2, -0.15) is 0 Å². The van der Waals surface area contributed by atoms with Crippen molar-refractivity contribution >= 4 is 28.6 Å². The molecule has 0 amide bonds. The van der Waals surface area contributed by atoms with Crippen molar-refractivity contribution in [3.8, 4) is 0 Å².